The van der Waals surface area contributed by atoms with Crippen LogP contribution in [0, 0.1) is 0 Å². The number of oxazole rings is 1. The number of likely N-dealkylation sites (tertiary alicyclic amines) is 1. The highest BCUT2D eigenvalue weighted by molar-refractivity contribution is 5.94. The first-order chi connectivity index (χ1) is 14.3. The van der Waals surface area contributed by atoms with Gasteiger partial charge in [-0.1, -0.05) is 0 Å². The molecule has 1 saturated heterocycles. The lowest BCUT2D eigenvalue weighted by Crippen LogP contribution is -2.50. The first kappa shape index (κ1) is 20.4. The normalized spacial score (nSPS) is 17.6. The van der Waals surface area contributed by atoms with E-state index in [1.165, 1.54) is 6.39 Å². The minimum absolute atomic E-state index is 0.00448. The predicted octanol–water partition coefficient (Wildman–Crippen LogP) is 3.74. The molecule has 2 aromatic heterocycles. The van der Waals surface area contributed by atoms with Crippen LogP contribution in [0.25, 0.3) is 11.5 Å². The second-order valence-electron chi connectivity index (χ2n) is 8.94. The minimum Gasteiger partial charge on any atom is -0.444 e. The second kappa shape index (κ2) is 8.08. The number of pyridine rings is 1. The summed E-state index contributed by atoms with van der Waals surface area (Å²) >= 11 is 0. The van der Waals surface area contributed by atoms with Gasteiger partial charge in [0, 0.05) is 31.4 Å². The van der Waals surface area contributed by atoms with Gasteiger partial charge in [-0.05, 0) is 58.6 Å². The van der Waals surface area contributed by atoms with Gasteiger partial charge in [0.15, 0.2) is 12.2 Å². The molecule has 1 saturated carbocycles. The van der Waals surface area contributed by atoms with Gasteiger partial charge in [0.2, 0.25) is 0 Å². The lowest BCUT2D eigenvalue weighted by Gasteiger charge is -2.39. The van der Waals surface area contributed by atoms with Crippen molar-refractivity contribution in [2.45, 2.75) is 64.1 Å². The number of hydrogen-bond acceptors (Lipinski definition) is 6. The number of rotatable bonds is 4. The topological polar surface area (TPSA) is 88.8 Å². The molecule has 0 atom stereocenters. The van der Waals surface area contributed by atoms with E-state index in [1.807, 2.05) is 25.7 Å². The van der Waals surface area contributed by atoms with Crippen LogP contribution in [0.15, 0.2) is 35.3 Å². The van der Waals surface area contributed by atoms with Crippen molar-refractivity contribution in [3.05, 3.63) is 36.5 Å². The largest absolute Gasteiger partial charge is 0.444 e. The second-order valence-corrected chi connectivity index (χ2v) is 8.94. The molecule has 3 heterocycles. The van der Waals surface area contributed by atoms with Crippen LogP contribution in [0.2, 0.25) is 0 Å². The number of aromatic nitrogens is 2. The highest BCUT2D eigenvalue weighted by atomic mass is 16.6. The Morgan fingerprint density at radius 1 is 1.10 bits per heavy atom. The van der Waals surface area contributed by atoms with Crippen molar-refractivity contribution in [1.29, 1.82) is 0 Å². The van der Waals surface area contributed by atoms with Crippen LogP contribution in [-0.2, 0) is 4.74 Å². The lowest BCUT2D eigenvalue weighted by atomic mass is 10.0. The van der Waals surface area contributed by atoms with Crippen molar-refractivity contribution in [3.63, 3.8) is 0 Å². The summed E-state index contributed by atoms with van der Waals surface area (Å²) in [5.41, 5.74) is 0.710. The number of piperidine rings is 1. The van der Waals surface area contributed by atoms with Gasteiger partial charge in [-0.15, -0.1) is 0 Å². The molecule has 0 aromatic carbocycles. The molecule has 2 aliphatic rings. The quantitative estimate of drug-likeness (QED) is 0.760. The average Bonchev–Trinajstić information content (AvgIpc) is 3.39. The summed E-state index contributed by atoms with van der Waals surface area (Å²) in [7, 11) is 0. The zero-order chi connectivity index (χ0) is 21.3. The van der Waals surface area contributed by atoms with Gasteiger partial charge in [-0.25, -0.2) is 9.78 Å². The Morgan fingerprint density at radius 2 is 1.80 bits per heavy atom. The van der Waals surface area contributed by atoms with Gasteiger partial charge < -0.3 is 19.0 Å². The smallest absolute Gasteiger partial charge is 0.410 e. The van der Waals surface area contributed by atoms with Crippen molar-refractivity contribution in [2.75, 3.05) is 13.1 Å². The Hall–Kier alpha value is -2.90. The van der Waals surface area contributed by atoms with Crippen molar-refractivity contribution in [3.8, 4) is 11.5 Å². The molecular weight excluding hydrogens is 384 g/mol. The SMILES string of the molecule is CC(C)(C)OC(=O)N1CCC(N(C(=O)c2ccc(-c3cnco3)nc2)C2CC2)CC1. The zero-order valence-corrected chi connectivity index (χ0v) is 17.7. The molecule has 8 nitrogen and oxygen atoms in total. The van der Waals surface area contributed by atoms with E-state index in [9.17, 15) is 9.59 Å². The van der Waals surface area contributed by atoms with Crippen molar-refractivity contribution in [1.82, 2.24) is 19.8 Å². The Balaban J connectivity index is 1.41. The van der Waals surface area contributed by atoms with Crippen molar-refractivity contribution >= 4 is 12.0 Å². The van der Waals surface area contributed by atoms with Crippen LogP contribution < -0.4 is 0 Å². The summed E-state index contributed by atoms with van der Waals surface area (Å²) in [6.45, 7) is 6.80. The Kier molecular flexibility index (Phi) is 5.49. The molecule has 1 aliphatic heterocycles. The van der Waals surface area contributed by atoms with Gasteiger partial charge in [0.05, 0.1) is 11.8 Å². The van der Waals surface area contributed by atoms with Crippen LogP contribution in [0.5, 0.6) is 0 Å². The maximum absolute atomic E-state index is 13.3. The zero-order valence-electron chi connectivity index (χ0n) is 17.7. The number of hydrogen-bond donors (Lipinski definition) is 0. The molecule has 160 valence electrons. The number of carbonyl (C=O) groups excluding carboxylic acids is 2. The van der Waals surface area contributed by atoms with Crippen LogP contribution >= 0.6 is 0 Å². The third-order valence-electron chi connectivity index (χ3n) is 5.38. The van der Waals surface area contributed by atoms with Gasteiger partial charge in [0.25, 0.3) is 5.91 Å². The van der Waals surface area contributed by atoms with E-state index in [-0.39, 0.29) is 24.1 Å². The fourth-order valence-corrected chi connectivity index (χ4v) is 3.79. The molecular formula is C22H28N4O4. The third-order valence-corrected chi connectivity index (χ3v) is 5.38. The van der Waals surface area contributed by atoms with Crippen molar-refractivity contribution < 1.29 is 18.7 Å². The maximum atomic E-state index is 13.3. The van der Waals surface area contributed by atoms with Gasteiger partial charge in [0.1, 0.15) is 11.3 Å². The van der Waals surface area contributed by atoms with E-state index >= 15 is 0 Å². The molecule has 2 fully saturated rings. The van der Waals surface area contributed by atoms with Crippen LogP contribution in [0.4, 0.5) is 4.79 Å². The summed E-state index contributed by atoms with van der Waals surface area (Å²) in [6, 6.07) is 3.98. The number of amides is 2. The Morgan fingerprint density at radius 3 is 2.33 bits per heavy atom. The van der Waals surface area contributed by atoms with Crippen molar-refractivity contribution in [2.24, 2.45) is 0 Å². The van der Waals surface area contributed by atoms with E-state index in [4.69, 9.17) is 9.15 Å². The fourth-order valence-electron chi connectivity index (χ4n) is 3.79. The minimum atomic E-state index is -0.505. The van der Waals surface area contributed by atoms with E-state index in [0.717, 1.165) is 25.7 Å². The van der Waals surface area contributed by atoms with Gasteiger partial charge in [-0.3, -0.25) is 9.78 Å². The highest BCUT2D eigenvalue weighted by Gasteiger charge is 2.40. The average molecular weight is 412 g/mol. The van der Waals surface area contributed by atoms with Crippen LogP contribution in [0.3, 0.4) is 0 Å². The molecule has 30 heavy (non-hydrogen) atoms. The molecule has 2 aromatic rings. The molecule has 0 radical (unpaired) electrons. The molecule has 1 aliphatic carbocycles. The number of ether oxygens (including phenoxy) is 1. The highest BCUT2D eigenvalue weighted by Crippen LogP contribution is 2.33. The standard InChI is InChI=1S/C22H28N4O4/c1-22(2,3)30-21(28)25-10-8-17(9-11-25)26(16-5-6-16)20(27)15-4-7-18(24-12-15)19-13-23-14-29-19/h4,7,12-14,16-17H,5-6,8-11H2,1-3H3. The predicted molar refractivity (Wildman–Crippen MR) is 110 cm³/mol. The molecule has 8 heteroatoms. The summed E-state index contributed by atoms with van der Waals surface area (Å²) in [6.07, 6.45) is 7.84. The van der Waals surface area contributed by atoms with E-state index in [0.29, 0.717) is 30.1 Å². The first-order valence-electron chi connectivity index (χ1n) is 10.5. The molecule has 2 amide bonds. The first-order valence-corrected chi connectivity index (χ1v) is 10.5. The summed E-state index contributed by atoms with van der Waals surface area (Å²) < 4.78 is 10.7. The van der Waals surface area contributed by atoms with Gasteiger partial charge >= 0.3 is 6.09 Å². The summed E-state index contributed by atoms with van der Waals surface area (Å²) in [5, 5.41) is 0. The Labute approximate surface area is 176 Å². The summed E-state index contributed by atoms with van der Waals surface area (Å²) in [4.78, 5) is 37.6. The number of nitrogens with zero attached hydrogens (tertiary/aromatic N) is 4. The maximum Gasteiger partial charge on any atom is 0.410 e. The van der Waals surface area contributed by atoms with E-state index < -0.39 is 5.60 Å². The molecule has 0 unspecified atom stereocenters. The molecule has 0 N–H and O–H groups in total. The Bertz CT molecular complexity index is 877. The molecule has 4 rings (SSSR count). The lowest BCUT2D eigenvalue weighted by molar-refractivity contribution is 0.0142. The van der Waals surface area contributed by atoms with Crippen LogP contribution in [-0.4, -0.2) is 62.5 Å². The van der Waals surface area contributed by atoms with E-state index in [1.54, 1.807) is 29.4 Å². The number of carbonyl (C=O) groups is 2. The third kappa shape index (κ3) is 4.63. The van der Waals surface area contributed by atoms with Gasteiger partial charge in [-0.2, -0.15) is 0 Å². The van der Waals surface area contributed by atoms with E-state index in [2.05, 4.69) is 9.97 Å². The molecule has 0 bridgehead atoms. The fraction of sp³-hybridized carbons (Fsp3) is 0.545. The van der Waals surface area contributed by atoms with Crippen LogP contribution in [0.1, 0.15) is 56.8 Å². The monoisotopic (exact) mass is 412 g/mol. The molecule has 0 spiro atoms. The summed E-state index contributed by atoms with van der Waals surface area (Å²) in [5.74, 6) is 0.576.